The molecule has 8 heteroatoms. The van der Waals surface area contributed by atoms with E-state index in [9.17, 15) is 9.59 Å². The Morgan fingerprint density at radius 1 is 0.976 bits per heavy atom. The lowest BCUT2D eigenvalue weighted by molar-refractivity contribution is -0.0474. The molecule has 2 fully saturated rings. The quantitative estimate of drug-likeness (QED) is 0.285. The van der Waals surface area contributed by atoms with Crippen LogP contribution in [0.4, 0.5) is 15.3 Å². The van der Waals surface area contributed by atoms with Crippen LogP contribution in [0.2, 0.25) is 5.02 Å². The van der Waals surface area contributed by atoms with Gasteiger partial charge in [-0.05, 0) is 79.0 Å². The number of benzene rings is 3. The summed E-state index contributed by atoms with van der Waals surface area (Å²) in [5.74, 6) is 0.639. The molecule has 0 radical (unpaired) electrons. The molecule has 2 aliphatic heterocycles. The molecule has 2 atom stereocenters. The fraction of sp³-hybridized carbons (Fsp3) is 0.394. The molecule has 2 unspecified atom stereocenters. The number of carbonyl (C=O) groups is 2. The van der Waals surface area contributed by atoms with Crippen LogP contribution >= 0.6 is 11.6 Å². The summed E-state index contributed by atoms with van der Waals surface area (Å²) >= 11 is 6.26. The minimum absolute atomic E-state index is 0.0763. The van der Waals surface area contributed by atoms with Crippen LogP contribution in [-0.2, 0) is 16.1 Å². The van der Waals surface area contributed by atoms with Gasteiger partial charge in [0.25, 0.3) is 0 Å². The maximum atomic E-state index is 13.2. The van der Waals surface area contributed by atoms with Crippen molar-refractivity contribution in [3.63, 3.8) is 0 Å². The van der Waals surface area contributed by atoms with Crippen molar-refractivity contribution in [2.24, 2.45) is 5.41 Å². The molecule has 0 aromatic heterocycles. The van der Waals surface area contributed by atoms with Crippen LogP contribution in [0.3, 0.4) is 0 Å². The summed E-state index contributed by atoms with van der Waals surface area (Å²) in [6.07, 6.45) is 3.84. The Balaban J connectivity index is 1.24. The predicted octanol–water partition coefficient (Wildman–Crippen LogP) is 8.66. The highest BCUT2D eigenvalue weighted by Gasteiger charge is 2.57. The molecule has 2 heterocycles. The normalized spacial score (nSPS) is 19.9. The van der Waals surface area contributed by atoms with Crippen molar-refractivity contribution in [3.05, 3.63) is 83.4 Å². The van der Waals surface area contributed by atoms with E-state index >= 15 is 0 Å². The number of hydrogen-bond donors (Lipinski definition) is 1. The van der Waals surface area contributed by atoms with Crippen molar-refractivity contribution < 1.29 is 23.8 Å². The topological polar surface area (TPSA) is 77.1 Å². The molecule has 7 nitrogen and oxygen atoms in total. The Labute approximate surface area is 246 Å². The molecule has 2 aliphatic rings. The molecule has 3 aromatic carbocycles. The third-order valence-corrected chi connectivity index (χ3v) is 8.66. The number of amides is 2. The molecule has 216 valence electrons. The fourth-order valence-corrected chi connectivity index (χ4v) is 6.49. The first-order valence-corrected chi connectivity index (χ1v) is 14.5. The van der Waals surface area contributed by atoms with E-state index in [4.69, 9.17) is 25.8 Å². The number of nitrogens with zero attached hydrogens (tertiary/aromatic N) is 1. The van der Waals surface area contributed by atoms with E-state index in [-0.39, 0.29) is 17.0 Å². The Kier molecular flexibility index (Phi) is 8.45. The third-order valence-electron chi connectivity index (χ3n) is 8.42. The van der Waals surface area contributed by atoms with Crippen LogP contribution in [0.25, 0.3) is 11.1 Å². The molecule has 1 N–H and O–H groups in total. The largest absolute Gasteiger partial charge is 0.489 e. The molecule has 2 amide bonds. The molecular weight excluding hydrogens is 540 g/mol. The van der Waals surface area contributed by atoms with Gasteiger partial charge in [0, 0.05) is 16.6 Å². The van der Waals surface area contributed by atoms with Gasteiger partial charge in [-0.15, -0.1) is 0 Å². The predicted molar refractivity (Wildman–Crippen MR) is 160 cm³/mol. The van der Waals surface area contributed by atoms with Crippen molar-refractivity contribution in [1.82, 2.24) is 4.90 Å². The first-order valence-electron chi connectivity index (χ1n) is 14.1. The van der Waals surface area contributed by atoms with E-state index in [1.807, 2.05) is 59.5 Å². The van der Waals surface area contributed by atoms with Crippen LogP contribution in [0, 0.1) is 5.41 Å². The van der Waals surface area contributed by atoms with E-state index < -0.39 is 19.0 Å². The summed E-state index contributed by atoms with van der Waals surface area (Å²) < 4.78 is 16.8. The number of hydrogen-bond acceptors (Lipinski definition) is 5. The highest BCUT2D eigenvalue weighted by molar-refractivity contribution is 6.30. The number of rotatable bonds is 7. The van der Waals surface area contributed by atoms with E-state index in [0.29, 0.717) is 28.6 Å². The minimum atomic E-state index is -0.730. The van der Waals surface area contributed by atoms with Gasteiger partial charge < -0.3 is 14.2 Å². The fourth-order valence-electron chi connectivity index (χ4n) is 6.30. The SMILES string of the molecule is CC(C)(C)C12CCCC(CC1)N2C(=O)OCOC(=O)Nc1ccc(OCc2ccccc2)cc1-c1cccc(Cl)c1. The average Bonchev–Trinajstić information content (AvgIpc) is 3.19. The average molecular weight is 577 g/mol. The zero-order valence-corrected chi connectivity index (χ0v) is 24.6. The van der Waals surface area contributed by atoms with Gasteiger partial charge in [-0.25, -0.2) is 9.59 Å². The van der Waals surface area contributed by atoms with E-state index in [2.05, 4.69) is 26.1 Å². The molecule has 0 saturated carbocycles. The van der Waals surface area contributed by atoms with Crippen LogP contribution in [0.5, 0.6) is 5.75 Å². The number of nitrogens with one attached hydrogen (secondary N) is 1. The van der Waals surface area contributed by atoms with E-state index in [0.717, 1.165) is 43.2 Å². The molecule has 41 heavy (non-hydrogen) atoms. The van der Waals surface area contributed by atoms with Crippen molar-refractivity contribution in [3.8, 4) is 16.9 Å². The number of ether oxygens (including phenoxy) is 3. The Morgan fingerprint density at radius 3 is 2.54 bits per heavy atom. The summed E-state index contributed by atoms with van der Waals surface area (Å²) in [5.41, 5.74) is 2.76. The number of fused-ring (bicyclic) bond motifs is 2. The zero-order valence-electron chi connectivity index (χ0n) is 23.8. The molecule has 2 bridgehead atoms. The van der Waals surface area contributed by atoms with Gasteiger partial charge in [0.1, 0.15) is 12.4 Å². The second-order valence-electron chi connectivity index (χ2n) is 11.8. The summed E-state index contributed by atoms with van der Waals surface area (Å²) in [5, 5.41) is 3.35. The smallest absolute Gasteiger partial charge is 0.414 e. The number of carbonyl (C=O) groups excluding carboxylic acids is 2. The van der Waals surface area contributed by atoms with Crippen LogP contribution < -0.4 is 10.1 Å². The molecule has 5 rings (SSSR count). The van der Waals surface area contributed by atoms with Gasteiger partial charge in [-0.3, -0.25) is 10.2 Å². The lowest BCUT2D eigenvalue weighted by Gasteiger charge is -2.51. The first-order chi connectivity index (χ1) is 19.7. The standard InChI is InChI=1S/C33H37ClN2O5/c1-32(2,3)33-17-8-13-26(16-18-33)36(33)31(38)41-22-40-30(37)35-29-15-14-27(39-21-23-9-5-4-6-10-23)20-28(29)24-11-7-12-25(34)19-24/h4-7,9-12,14-15,19-20,26H,8,13,16-18,21-22H2,1-3H3,(H,35,37). The Hall–Kier alpha value is -3.71. The Bertz CT molecular complexity index is 1390. The molecule has 2 saturated heterocycles. The van der Waals surface area contributed by atoms with Crippen molar-refractivity contribution in [2.75, 3.05) is 12.1 Å². The van der Waals surface area contributed by atoms with Crippen LogP contribution in [-0.4, -0.2) is 35.5 Å². The van der Waals surface area contributed by atoms with Gasteiger partial charge in [0.2, 0.25) is 6.79 Å². The third kappa shape index (κ3) is 6.30. The highest BCUT2D eigenvalue weighted by atomic mass is 35.5. The zero-order chi connectivity index (χ0) is 29.0. The Morgan fingerprint density at radius 2 is 1.78 bits per heavy atom. The van der Waals surface area contributed by atoms with Crippen LogP contribution in [0.15, 0.2) is 72.8 Å². The summed E-state index contributed by atoms with van der Waals surface area (Å²) in [6.45, 7) is 6.48. The van der Waals surface area contributed by atoms with Gasteiger partial charge in [0.05, 0.1) is 11.2 Å². The highest BCUT2D eigenvalue weighted by Crippen LogP contribution is 2.53. The van der Waals surface area contributed by atoms with Crippen LogP contribution in [0.1, 0.15) is 58.4 Å². The molecular formula is C33H37ClN2O5. The summed E-state index contributed by atoms with van der Waals surface area (Å²) in [7, 11) is 0. The number of halogens is 1. The second kappa shape index (κ2) is 12.0. The molecule has 0 spiro atoms. The second-order valence-corrected chi connectivity index (χ2v) is 12.2. The lowest BCUT2D eigenvalue weighted by Crippen LogP contribution is -2.60. The van der Waals surface area contributed by atoms with Gasteiger partial charge >= 0.3 is 12.2 Å². The summed E-state index contributed by atoms with van der Waals surface area (Å²) in [4.78, 5) is 27.9. The number of piperidine rings is 1. The maximum Gasteiger partial charge on any atom is 0.414 e. The molecule has 3 aromatic rings. The van der Waals surface area contributed by atoms with Crippen molar-refractivity contribution in [2.45, 2.75) is 71.1 Å². The lowest BCUT2D eigenvalue weighted by atomic mass is 9.68. The van der Waals surface area contributed by atoms with Gasteiger partial charge in [0.15, 0.2) is 0 Å². The summed E-state index contributed by atoms with van der Waals surface area (Å²) in [6, 6.07) is 22.8. The van der Waals surface area contributed by atoms with Gasteiger partial charge in [-0.1, -0.05) is 74.8 Å². The van der Waals surface area contributed by atoms with Gasteiger partial charge in [-0.2, -0.15) is 0 Å². The minimum Gasteiger partial charge on any atom is -0.489 e. The van der Waals surface area contributed by atoms with E-state index in [1.165, 1.54) is 0 Å². The van der Waals surface area contributed by atoms with Crippen molar-refractivity contribution >= 4 is 29.5 Å². The maximum absolute atomic E-state index is 13.2. The molecule has 0 aliphatic carbocycles. The monoisotopic (exact) mass is 576 g/mol. The number of anilines is 1. The first kappa shape index (κ1) is 28.8. The van der Waals surface area contributed by atoms with E-state index in [1.54, 1.807) is 18.2 Å². The van der Waals surface area contributed by atoms with Crippen molar-refractivity contribution in [1.29, 1.82) is 0 Å².